The molecular formula is C8H8BrN3O. The van der Waals surface area contributed by atoms with Gasteiger partial charge in [0.15, 0.2) is 11.4 Å². The minimum Gasteiger partial charge on any atom is -0.375 e. The van der Waals surface area contributed by atoms with Gasteiger partial charge in [0.05, 0.1) is 4.47 Å². The topological polar surface area (TPSA) is 50.4 Å². The number of rotatable bonds is 2. The van der Waals surface area contributed by atoms with Gasteiger partial charge in [0.1, 0.15) is 0 Å². The van der Waals surface area contributed by atoms with Crippen molar-refractivity contribution in [1.82, 2.24) is 9.97 Å². The Hall–Kier alpha value is -0.990. The molecule has 4 nitrogen and oxygen atoms in total. The highest BCUT2D eigenvalue weighted by molar-refractivity contribution is 9.10. The lowest BCUT2D eigenvalue weighted by Gasteiger charge is -2.14. The van der Waals surface area contributed by atoms with Gasteiger partial charge in [-0.15, -0.1) is 0 Å². The van der Waals surface area contributed by atoms with Crippen LogP contribution in [-0.4, -0.2) is 21.6 Å². The van der Waals surface area contributed by atoms with E-state index in [1.165, 1.54) is 6.92 Å². The maximum Gasteiger partial charge on any atom is 0.250 e. The zero-order valence-electron chi connectivity index (χ0n) is 7.03. The van der Waals surface area contributed by atoms with Gasteiger partial charge in [-0.25, -0.2) is 16.5 Å². The van der Waals surface area contributed by atoms with Crippen LogP contribution >= 0.6 is 15.9 Å². The molecular weight excluding hydrogens is 234 g/mol. The summed E-state index contributed by atoms with van der Waals surface area (Å²) in [4.78, 5) is 10.9. The summed E-state index contributed by atoms with van der Waals surface area (Å²) in [6.45, 7) is 8.14. The fraction of sp³-hybridized carbons (Fsp3) is 0.375. The zero-order valence-corrected chi connectivity index (χ0v) is 8.61. The summed E-state index contributed by atoms with van der Waals surface area (Å²) in [6, 6.07) is 0. The lowest BCUT2D eigenvalue weighted by Crippen LogP contribution is -2.27. The number of aromatic nitrogens is 2. The minimum absolute atomic E-state index is 0.0331. The smallest absolute Gasteiger partial charge is 0.250 e. The Balaban J connectivity index is 2.95. The number of nitrogens with zero attached hydrogens (tertiary/aromatic N) is 3. The normalized spacial score (nSPS) is 14.6. The first-order chi connectivity index (χ1) is 6.06. The van der Waals surface area contributed by atoms with Crippen molar-refractivity contribution in [1.29, 1.82) is 0 Å². The Morgan fingerprint density at radius 2 is 2.15 bits per heavy atom. The number of hydrogen-bond donors (Lipinski definition) is 1. The van der Waals surface area contributed by atoms with Crippen LogP contribution in [0.25, 0.3) is 4.85 Å². The molecule has 0 aromatic carbocycles. The maximum atomic E-state index is 9.72. The van der Waals surface area contributed by atoms with Crippen LogP contribution in [0.1, 0.15) is 12.7 Å². The average Bonchev–Trinajstić information content (AvgIpc) is 2.05. The van der Waals surface area contributed by atoms with Gasteiger partial charge in [-0.05, 0) is 22.9 Å². The molecule has 0 amide bonds. The van der Waals surface area contributed by atoms with Crippen LogP contribution < -0.4 is 0 Å². The van der Waals surface area contributed by atoms with Gasteiger partial charge in [0.25, 0.3) is 0 Å². The molecule has 0 aliphatic rings. The number of aliphatic hydroxyl groups is 1. The van der Waals surface area contributed by atoms with Crippen molar-refractivity contribution in [2.45, 2.75) is 12.5 Å². The molecule has 0 saturated heterocycles. The lowest BCUT2D eigenvalue weighted by molar-refractivity contribution is 0.0652. The summed E-state index contributed by atoms with van der Waals surface area (Å²) in [5.41, 5.74) is -1.26. The van der Waals surface area contributed by atoms with Crippen LogP contribution in [-0.2, 0) is 5.60 Å². The summed E-state index contributed by atoms with van der Waals surface area (Å²) < 4.78 is 0.745. The van der Waals surface area contributed by atoms with Gasteiger partial charge >= 0.3 is 0 Å². The second-order valence-corrected chi connectivity index (χ2v) is 3.73. The molecule has 13 heavy (non-hydrogen) atoms. The monoisotopic (exact) mass is 241 g/mol. The Kier molecular flexibility index (Phi) is 2.96. The van der Waals surface area contributed by atoms with Gasteiger partial charge in [0.2, 0.25) is 6.54 Å². The van der Waals surface area contributed by atoms with Gasteiger partial charge in [-0.3, -0.25) is 0 Å². The van der Waals surface area contributed by atoms with E-state index in [0.717, 1.165) is 4.47 Å². The molecule has 1 aromatic heterocycles. The van der Waals surface area contributed by atoms with E-state index in [9.17, 15) is 5.11 Å². The first-order valence-corrected chi connectivity index (χ1v) is 4.39. The third-order valence-corrected chi connectivity index (χ3v) is 1.90. The summed E-state index contributed by atoms with van der Waals surface area (Å²) in [7, 11) is 0. The minimum atomic E-state index is -1.26. The second kappa shape index (κ2) is 3.81. The quantitative estimate of drug-likeness (QED) is 0.796. The molecule has 1 aromatic rings. The molecule has 1 N–H and O–H groups in total. The van der Waals surface area contributed by atoms with E-state index in [1.54, 1.807) is 12.4 Å². The van der Waals surface area contributed by atoms with Crippen molar-refractivity contribution in [2.24, 2.45) is 0 Å². The number of hydrogen-bond acceptors (Lipinski definition) is 3. The van der Waals surface area contributed by atoms with Crippen molar-refractivity contribution in [3.63, 3.8) is 0 Å². The van der Waals surface area contributed by atoms with E-state index in [0.29, 0.717) is 0 Å². The third kappa shape index (κ3) is 2.47. The molecule has 0 aliphatic heterocycles. The SMILES string of the molecule is [C-]#[N+]C[C@](C)(O)c1ncc(Br)cn1. The van der Waals surface area contributed by atoms with Crippen molar-refractivity contribution in [2.75, 3.05) is 6.54 Å². The fourth-order valence-corrected chi connectivity index (χ4v) is 1.02. The van der Waals surface area contributed by atoms with E-state index in [4.69, 9.17) is 6.57 Å². The Labute approximate surface area is 84.6 Å². The molecule has 0 aliphatic carbocycles. The van der Waals surface area contributed by atoms with Crippen LogP contribution in [0, 0.1) is 6.57 Å². The molecule has 1 atom stereocenters. The zero-order chi connectivity index (χ0) is 9.90. The first-order valence-electron chi connectivity index (χ1n) is 3.60. The highest BCUT2D eigenvalue weighted by Gasteiger charge is 2.29. The predicted octanol–water partition coefficient (Wildman–Crippen LogP) is 1.37. The van der Waals surface area contributed by atoms with Crippen molar-refractivity contribution < 1.29 is 5.11 Å². The molecule has 0 unspecified atom stereocenters. The van der Waals surface area contributed by atoms with Crippen LogP contribution in [0.4, 0.5) is 0 Å². The van der Waals surface area contributed by atoms with E-state index in [-0.39, 0.29) is 12.4 Å². The highest BCUT2D eigenvalue weighted by atomic mass is 79.9. The molecule has 0 fully saturated rings. The molecule has 0 bridgehead atoms. The van der Waals surface area contributed by atoms with Gasteiger partial charge in [-0.1, -0.05) is 0 Å². The predicted molar refractivity (Wildman–Crippen MR) is 50.8 cm³/mol. The highest BCUT2D eigenvalue weighted by Crippen LogP contribution is 2.17. The standard InChI is InChI=1S/C8H8BrN3O/c1-8(13,5-10-2)7-11-3-6(9)4-12-7/h3-4,13H,5H2,1H3/t8-/m0/s1. The van der Waals surface area contributed by atoms with E-state index < -0.39 is 5.60 Å². The third-order valence-electron chi connectivity index (χ3n) is 1.49. The van der Waals surface area contributed by atoms with Gasteiger partial charge < -0.3 is 9.95 Å². The van der Waals surface area contributed by atoms with E-state index in [1.807, 2.05) is 0 Å². The Bertz CT molecular complexity index is 328. The van der Waals surface area contributed by atoms with Crippen molar-refractivity contribution >= 4 is 15.9 Å². The van der Waals surface area contributed by atoms with Crippen molar-refractivity contribution in [3.8, 4) is 0 Å². The lowest BCUT2D eigenvalue weighted by atomic mass is 10.1. The first kappa shape index (κ1) is 10.1. The maximum absolute atomic E-state index is 9.72. The van der Waals surface area contributed by atoms with E-state index in [2.05, 4.69) is 30.7 Å². The number of halogens is 1. The summed E-state index contributed by atoms with van der Waals surface area (Å²) in [5, 5.41) is 9.72. The molecule has 1 rings (SSSR count). The van der Waals surface area contributed by atoms with Crippen molar-refractivity contribution in [3.05, 3.63) is 34.1 Å². The van der Waals surface area contributed by atoms with Gasteiger partial charge in [0, 0.05) is 12.4 Å². The summed E-state index contributed by atoms with van der Waals surface area (Å²) in [5.74, 6) is 0.270. The molecule has 0 spiro atoms. The molecule has 5 heteroatoms. The summed E-state index contributed by atoms with van der Waals surface area (Å²) >= 11 is 3.18. The molecule has 1 heterocycles. The van der Waals surface area contributed by atoms with Gasteiger partial charge in [-0.2, -0.15) is 0 Å². The largest absolute Gasteiger partial charge is 0.375 e. The second-order valence-electron chi connectivity index (χ2n) is 2.81. The van der Waals surface area contributed by atoms with E-state index >= 15 is 0 Å². The van der Waals surface area contributed by atoms with Crippen LogP contribution in [0.5, 0.6) is 0 Å². The summed E-state index contributed by atoms with van der Waals surface area (Å²) in [6.07, 6.45) is 3.08. The Morgan fingerprint density at radius 1 is 1.62 bits per heavy atom. The molecule has 0 saturated carbocycles. The van der Waals surface area contributed by atoms with Crippen LogP contribution in [0.15, 0.2) is 16.9 Å². The van der Waals surface area contributed by atoms with Crippen LogP contribution in [0.3, 0.4) is 0 Å². The molecule has 68 valence electrons. The van der Waals surface area contributed by atoms with Crippen LogP contribution in [0.2, 0.25) is 0 Å². The average molecular weight is 242 g/mol. The molecule has 0 radical (unpaired) electrons. The fourth-order valence-electron chi connectivity index (χ4n) is 0.815. The Morgan fingerprint density at radius 3 is 2.62 bits per heavy atom.